The predicted octanol–water partition coefficient (Wildman–Crippen LogP) is 6.24. The number of carbonyl (C=O) groups excluding carboxylic acids is 2. The Hall–Kier alpha value is -2.58. The van der Waals surface area contributed by atoms with Gasteiger partial charge in [-0.15, -0.1) is 11.3 Å². The van der Waals surface area contributed by atoms with E-state index in [0.717, 1.165) is 31.2 Å². The average Bonchev–Trinajstić information content (AvgIpc) is 3.21. The summed E-state index contributed by atoms with van der Waals surface area (Å²) in [7, 11) is 0. The Morgan fingerprint density at radius 3 is 2.07 bits per heavy atom. The summed E-state index contributed by atoms with van der Waals surface area (Å²) in [5.74, 6) is -1.28. The quantitative estimate of drug-likeness (QED) is 0.428. The lowest BCUT2D eigenvalue weighted by Gasteiger charge is -2.07. The van der Waals surface area contributed by atoms with Crippen LogP contribution in [0, 0.1) is 17.2 Å². The van der Waals surface area contributed by atoms with Crippen molar-refractivity contribution in [3.05, 3.63) is 51.4 Å². The molecule has 1 aromatic heterocycles. The summed E-state index contributed by atoms with van der Waals surface area (Å²) in [5, 5.41) is 10.5. The lowest BCUT2D eigenvalue weighted by atomic mass is 9.98. The molecule has 0 unspecified atom stereocenters. The van der Waals surface area contributed by atoms with Gasteiger partial charge in [-0.1, -0.05) is 62.8 Å². The predicted molar refractivity (Wildman–Crippen MR) is 120 cm³/mol. The topological polar surface area (TPSA) is 70.3 Å². The molecule has 0 radical (unpaired) electrons. The molecule has 2 aromatic rings. The number of benzene rings is 1. The molecule has 30 heavy (non-hydrogen) atoms. The van der Waals surface area contributed by atoms with E-state index in [1.807, 2.05) is 0 Å². The number of aryl methyl sites for hydroxylation is 1. The standard InChI is InChI=1S/C25H26N2O2S/c26-15-20-17-11-7-5-3-1-2-4-6-8-14-22(17)30-25(20)27-16-21-23(28)18-12-9-10-13-19(18)24(21)29/h9-10,12-13,16,21H,1-8,11,14H2. The van der Waals surface area contributed by atoms with Crippen LogP contribution < -0.4 is 0 Å². The van der Waals surface area contributed by atoms with Crippen LogP contribution in [-0.4, -0.2) is 17.8 Å². The SMILES string of the molecule is N#Cc1c(N=CC2C(=O)c3ccccc3C2=O)sc2c1CCCCCCCCCC2. The first-order valence-corrected chi connectivity index (χ1v) is 11.8. The summed E-state index contributed by atoms with van der Waals surface area (Å²) in [6.07, 6.45) is 13.2. The number of thiophene rings is 1. The lowest BCUT2D eigenvalue weighted by Crippen LogP contribution is -2.16. The third-order valence-corrected chi connectivity index (χ3v) is 7.33. The number of hydrogen-bond donors (Lipinski definition) is 0. The Morgan fingerprint density at radius 2 is 1.47 bits per heavy atom. The van der Waals surface area contributed by atoms with Crippen molar-refractivity contribution in [1.82, 2.24) is 0 Å². The monoisotopic (exact) mass is 418 g/mol. The van der Waals surface area contributed by atoms with E-state index in [1.54, 1.807) is 35.6 Å². The van der Waals surface area contributed by atoms with Crippen LogP contribution in [0.2, 0.25) is 0 Å². The second-order valence-electron chi connectivity index (χ2n) is 8.15. The second-order valence-corrected chi connectivity index (χ2v) is 9.24. The van der Waals surface area contributed by atoms with E-state index in [2.05, 4.69) is 11.1 Å². The zero-order valence-electron chi connectivity index (χ0n) is 17.2. The number of hydrogen-bond acceptors (Lipinski definition) is 5. The van der Waals surface area contributed by atoms with E-state index in [4.69, 9.17) is 0 Å². The minimum Gasteiger partial charge on any atom is -0.293 e. The summed E-state index contributed by atoms with van der Waals surface area (Å²) < 4.78 is 0. The fourth-order valence-electron chi connectivity index (χ4n) is 4.46. The van der Waals surface area contributed by atoms with Crippen molar-refractivity contribution >= 4 is 34.1 Å². The van der Waals surface area contributed by atoms with Crippen LogP contribution in [0.1, 0.15) is 88.1 Å². The number of fused-ring (bicyclic) bond motifs is 2. The Labute approximate surface area is 181 Å². The molecule has 0 atom stereocenters. The van der Waals surface area contributed by atoms with Crippen molar-refractivity contribution in [1.29, 1.82) is 5.26 Å². The molecule has 0 N–H and O–H groups in total. The average molecular weight is 419 g/mol. The zero-order valence-corrected chi connectivity index (χ0v) is 18.0. The van der Waals surface area contributed by atoms with Crippen molar-refractivity contribution in [2.24, 2.45) is 10.9 Å². The summed E-state index contributed by atoms with van der Waals surface area (Å²) in [6.45, 7) is 0. The summed E-state index contributed by atoms with van der Waals surface area (Å²) in [6, 6.07) is 9.28. The Bertz CT molecular complexity index is 993. The molecule has 0 spiro atoms. The van der Waals surface area contributed by atoms with Crippen molar-refractivity contribution in [2.45, 2.75) is 64.2 Å². The van der Waals surface area contributed by atoms with Crippen LogP contribution in [0.15, 0.2) is 29.3 Å². The first-order valence-electron chi connectivity index (χ1n) is 11.0. The highest BCUT2D eigenvalue weighted by atomic mass is 32.1. The lowest BCUT2D eigenvalue weighted by molar-refractivity contribution is 0.0886. The highest BCUT2D eigenvalue weighted by Crippen LogP contribution is 2.38. The van der Waals surface area contributed by atoms with Gasteiger partial charge < -0.3 is 0 Å². The van der Waals surface area contributed by atoms with E-state index in [9.17, 15) is 14.9 Å². The van der Waals surface area contributed by atoms with Gasteiger partial charge in [0.1, 0.15) is 17.0 Å². The second kappa shape index (κ2) is 9.49. The van der Waals surface area contributed by atoms with Gasteiger partial charge in [0.2, 0.25) is 0 Å². The normalized spacial score (nSPS) is 18.5. The van der Waals surface area contributed by atoms with Crippen molar-refractivity contribution in [2.75, 3.05) is 0 Å². The molecule has 0 aliphatic heterocycles. The molecule has 1 heterocycles. The molecule has 2 aliphatic rings. The minimum atomic E-state index is -0.878. The third kappa shape index (κ3) is 4.15. The highest BCUT2D eigenvalue weighted by molar-refractivity contribution is 7.16. The molecule has 5 heteroatoms. The number of ketones is 2. The fraction of sp³-hybridized carbons (Fsp3) is 0.440. The zero-order chi connectivity index (χ0) is 20.9. The van der Waals surface area contributed by atoms with Crippen molar-refractivity contribution in [3.63, 3.8) is 0 Å². The summed E-state index contributed by atoms with van der Waals surface area (Å²) in [4.78, 5) is 31.1. The van der Waals surface area contributed by atoms with Gasteiger partial charge in [-0.3, -0.25) is 9.59 Å². The molecule has 4 nitrogen and oxygen atoms in total. The van der Waals surface area contributed by atoms with E-state index < -0.39 is 5.92 Å². The molecular formula is C25H26N2O2S. The van der Waals surface area contributed by atoms with Gasteiger partial charge in [-0.25, -0.2) is 4.99 Å². The Balaban J connectivity index is 1.60. The molecule has 154 valence electrons. The molecule has 0 saturated carbocycles. The van der Waals surface area contributed by atoms with Crippen molar-refractivity contribution in [3.8, 4) is 6.07 Å². The first kappa shape index (κ1) is 20.7. The van der Waals surface area contributed by atoms with Crippen molar-refractivity contribution < 1.29 is 9.59 Å². The van der Waals surface area contributed by atoms with Crippen LogP contribution >= 0.6 is 11.3 Å². The Morgan fingerprint density at radius 1 is 0.900 bits per heavy atom. The van der Waals surface area contributed by atoms with Gasteiger partial charge in [0, 0.05) is 22.2 Å². The van der Waals surface area contributed by atoms with Crippen LogP contribution in [0.5, 0.6) is 0 Å². The van der Waals surface area contributed by atoms with E-state index >= 15 is 0 Å². The largest absolute Gasteiger partial charge is 0.293 e. The molecule has 0 saturated heterocycles. The summed E-state index contributed by atoms with van der Waals surface area (Å²) in [5.41, 5.74) is 2.72. The number of rotatable bonds is 2. The van der Waals surface area contributed by atoms with Gasteiger partial charge in [0.15, 0.2) is 11.6 Å². The van der Waals surface area contributed by atoms with Crippen LogP contribution in [0.25, 0.3) is 0 Å². The molecule has 1 aromatic carbocycles. The smallest absolute Gasteiger partial charge is 0.179 e. The highest BCUT2D eigenvalue weighted by Gasteiger charge is 2.37. The van der Waals surface area contributed by atoms with E-state index in [0.29, 0.717) is 21.7 Å². The van der Waals surface area contributed by atoms with E-state index in [-0.39, 0.29) is 11.6 Å². The van der Waals surface area contributed by atoms with Gasteiger partial charge >= 0.3 is 0 Å². The molecule has 4 rings (SSSR count). The van der Waals surface area contributed by atoms with Gasteiger partial charge in [0.05, 0.1) is 5.56 Å². The number of Topliss-reactive ketones (excluding diaryl/α,β-unsaturated/α-hetero) is 2. The number of carbonyl (C=O) groups is 2. The van der Waals surface area contributed by atoms with Crippen LogP contribution in [-0.2, 0) is 12.8 Å². The number of aliphatic imine (C=N–C) groups is 1. The molecular weight excluding hydrogens is 392 g/mol. The summed E-state index contributed by atoms with van der Waals surface area (Å²) >= 11 is 1.56. The van der Waals surface area contributed by atoms with Gasteiger partial charge in [0.25, 0.3) is 0 Å². The van der Waals surface area contributed by atoms with Crippen LogP contribution in [0.3, 0.4) is 0 Å². The molecule has 0 bridgehead atoms. The van der Waals surface area contributed by atoms with Gasteiger partial charge in [-0.2, -0.15) is 5.26 Å². The minimum absolute atomic E-state index is 0.201. The molecule has 0 fully saturated rings. The fourth-order valence-corrected chi connectivity index (χ4v) is 5.65. The maximum atomic E-state index is 12.6. The maximum Gasteiger partial charge on any atom is 0.179 e. The first-order chi connectivity index (χ1) is 14.7. The molecule has 2 aliphatic carbocycles. The van der Waals surface area contributed by atoms with E-state index in [1.165, 1.54) is 49.6 Å². The number of nitriles is 1. The Kier molecular flexibility index (Phi) is 6.54. The third-order valence-electron chi connectivity index (χ3n) is 6.13. The maximum absolute atomic E-state index is 12.6. The molecule has 0 amide bonds. The van der Waals surface area contributed by atoms with Gasteiger partial charge in [-0.05, 0) is 31.2 Å². The van der Waals surface area contributed by atoms with Crippen LogP contribution in [0.4, 0.5) is 5.00 Å². The number of nitrogens with zero attached hydrogens (tertiary/aromatic N) is 2.